The van der Waals surface area contributed by atoms with Crippen molar-refractivity contribution in [2.75, 3.05) is 20.6 Å². The van der Waals surface area contributed by atoms with Crippen molar-refractivity contribution in [3.63, 3.8) is 0 Å². The minimum absolute atomic E-state index is 0.0338. The number of aromatic nitrogens is 3. The molecule has 1 aliphatic heterocycles. The first-order valence-corrected chi connectivity index (χ1v) is 9.49. The van der Waals surface area contributed by atoms with E-state index < -0.39 is 6.10 Å². The normalized spacial score (nSPS) is 16.0. The molecule has 2 aromatic heterocycles. The van der Waals surface area contributed by atoms with Crippen LogP contribution in [0.15, 0.2) is 11.4 Å². The maximum absolute atomic E-state index is 12.8. The van der Waals surface area contributed by atoms with E-state index >= 15 is 0 Å². The van der Waals surface area contributed by atoms with E-state index in [1.54, 1.807) is 0 Å². The lowest BCUT2D eigenvalue weighted by Crippen LogP contribution is -2.31. The van der Waals surface area contributed by atoms with Gasteiger partial charge in [0.15, 0.2) is 0 Å². The van der Waals surface area contributed by atoms with Gasteiger partial charge in [0.05, 0.1) is 24.0 Å². The first kappa shape index (κ1) is 18.0. The number of carbonyl (C=O) groups is 1. The van der Waals surface area contributed by atoms with Crippen molar-refractivity contribution in [3.05, 3.63) is 33.5 Å². The van der Waals surface area contributed by atoms with Gasteiger partial charge in [-0.15, -0.1) is 11.3 Å². The van der Waals surface area contributed by atoms with Gasteiger partial charge in [0.1, 0.15) is 10.7 Å². The van der Waals surface area contributed by atoms with Crippen molar-refractivity contribution in [2.24, 2.45) is 0 Å². The van der Waals surface area contributed by atoms with Gasteiger partial charge >= 0.3 is 0 Å². The van der Waals surface area contributed by atoms with Gasteiger partial charge < -0.3 is 14.9 Å². The molecule has 0 saturated carbocycles. The zero-order valence-corrected chi connectivity index (χ0v) is 15.8. The van der Waals surface area contributed by atoms with Crippen LogP contribution < -0.4 is 0 Å². The predicted octanol–water partition coefficient (Wildman–Crippen LogP) is 1.89. The van der Waals surface area contributed by atoms with E-state index in [-0.39, 0.29) is 5.91 Å². The molecule has 1 amide bonds. The lowest BCUT2D eigenvalue weighted by atomic mass is 10.2. The monoisotopic (exact) mass is 363 g/mol. The Bertz CT molecular complexity index is 739. The fourth-order valence-electron chi connectivity index (χ4n) is 2.94. The number of rotatable bonds is 5. The standard InChI is InChI=1S/C17H25N5O2S/c1-4-15(23)13-8-12-9-21(6-5-7-22(12)19-13)17(24)14-11-25-16(18-14)10-20(2)3/h8,11,15,23H,4-7,9-10H2,1-3H3. The Balaban J connectivity index is 1.75. The van der Waals surface area contributed by atoms with Crippen molar-refractivity contribution in [3.8, 4) is 0 Å². The van der Waals surface area contributed by atoms with Gasteiger partial charge in [-0.2, -0.15) is 5.10 Å². The molecule has 1 N–H and O–H groups in total. The smallest absolute Gasteiger partial charge is 0.273 e. The van der Waals surface area contributed by atoms with Crippen LogP contribution in [0.4, 0.5) is 0 Å². The second-order valence-electron chi connectivity index (χ2n) is 6.65. The van der Waals surface area contributed by atoms with E-state index in [1.807, 2.05) is 46.9 Å². The van der Waals surface area contributed by atoms with Crippen molar-refractivity contribution < 1.29 is 9.90 Å². The summed E-state index contributed by atoms with van der Waals surface area (Å²) >= 11 is 1.52. The summed E-state index contributed by atoms with van der Waals surface area (Å²) in [5, 5.41) is 17.3. The highest BCUT2D eigenvalue weighted by molar-refractivity contribution is 7.09. The Kier molecular flexibility index (Phi) is 5.51. The summed E-state index contributed by atoms with van der Waals surface area (Å²) in [7, 11) is 3.97. The maximum Gasteiger partial charge on any atom is 0.273 e. The highest BCUT2D eigenvalue weighted by Crippen LogP contribution is 2.21. The quantitative estimate of drug-likeness (QED) is 0.878. The van der Waals surface area contributed by atoms with E-state index in [0.717, 1.165) is 30.2 Å². The molecule has 136 valence electrons. The molecule has 3 heterocycles. The SMILES string of the molecule is CCC(O)c1cc2n(n1)CCCN(C(=O)c1csc(CN(C)C)n1)C2. The molecular formula is C17H25N5O2S. The Morgan fingerprint density at radius 2 is 2.24 bits per heavy atom. The van der Waals surface area contributed by atoms with E-state index in [2.05, 4.69) is 10.1 Å². The van der Waals surface area contributed by atoms with E-state index in [9.17, 15) is 9.90 Å². The molecule has 1 atom stereocenters. The average Bonchev–Trinajstić information content (AvgIpc) is 3.15. The Labute approximate surface area is 151 Å². The number of carbonyl (C=O) groups excluding carboxylic acids is 1. The topological polar surface area (TPSA) is 74.5 Å². The largest absolute Gasteiger partial charge is 0.387 e. The molecule has 7 nitrogen and oxygen atoms in total. The third-order valence-corrected chi connectivity index (χ3v) is 5.10. The summed E-state index contributed by atoms with van der Waals surface area (Å²) in [6.45, 7) is 4.62. The lowest BCUT2D eigenvalue weighted by Gasteiger charge is -2.18. The summed E-state index contributed by atoms with van der Waals surface area (Å²) in [5.41, 5.74) is 2.18. The first-order valence-electron chi connectivity index (χ1n) is 8.61. The van der Waals surface area contributed by atoms with E-state index in [4.69, 9.17) is 0 Å². The molecule has 0 saturated heterocycles. The summed E-state index contributed by atoms with van der Waals surface area (Å²) < 4.78 is 1.92. The molecule has 0 aromatic carbocycles. The molecule has 2 aromatic rings. The number of aryl methyl sites for hydroxylation is 1. The third kappa shape index (κ3) is 4.08. The van der Waals surface area contributed by atoms with Crippen molar-refractivity contribution in [2.45, 2.75) is 45.5 Å². The molecule has 3 rings (SSSR count). The highest BCUT2D eigenvalue weighted by atomic mass is 32.1. The van der Waals surface area contributed by atoms with Crippen LogP contribution in [0.1, 0.15) is 52.8 Å². The van der Waals surface area contributed by atoms with Crippen molar-refractivity contribution >= 4 is 17.2 Å². The first-order chi connectivity index (χ1) is 12.0. The number of hydrogen-bond acceptors (Lipinski definition) is 6. The predicted molar refractivity (Wildman–Crippen MR) is 96.3 cm³/mol. The second kappa shape index (κ2) is 7.63. The minimum Gasteiger partial charge on any atom is -0.387 e. The van der Waals surface area contributed by atoms with E-state index in [0.29, 0.717) is 30.9 Å². The highest BCUT2D eigenvalue weighted by Gasteiger charge is 2.24. The molecular weight excluding hydrogens is 338 g/mol. The zero-order valence-electron chi connectivity index (χ0n) is 15.0. The van der Waals surface area contributed by atoms with Gasteiger partial charge in [0.25, 0.3) is 5.91 Å². The summed E-state index contributed by atoms with van der Waals surface area (Å²) in [6.07, 6.45) is 0.930. The molecule has 0 aliphatic carbocycles. The summed E-state index contributed by atoms with van der Waals surface area (Å²) in [6, 6.07) is 1.91. The Hall–Kier alpha value is -1.77. The Morgan fingerprint density at radius 1 is 1.44 bits per heavy atom. The molecule has 0 spiro atoms. The van der Waals surface area contributed by atoms with Crippen LogP contribution in [-0.2, 0) is 19.6 Å². The van der Waals surface area contributed by atoms with Gasteiger partial charge in [-0.05, 0) is 33.0 Å². The van der Waals surface area contributed by atoms with Crippen LogP contribution in [0.3, 0.4) is 0 Å². The number of hydrogen-bond donors (Lipinski definition) is 1. The van der Waals surface area contributed by atoms with Gasteiger partial charge in [0.2, 0.25) is 0 Å². The fraction of sp³-hybridized carbons (Fsp3) is 0.588. The summed E-state index contributed by atoms with van der Waals surface area (Å²) in [5.74, 6) is -0.0338. The second-order valence-corrected chi connectivity index (χ2v) is 7.59. The molecule has 0 radical (unpaired) electrons. The molecule has 1 aliphatic rings. The molecule has 1 unspecified atom stereocenters. The number of nitrogens with zero attached hydrogens (tertiary/aromatic N) is 5. The molecule has 0 fully saturated rings. The Morgan fingerprint density at radius 3 is 2.96 bits per heavy atom. The van der Waals surface area contributed by atoms with Gasteiger partial charge in [-0.25, -0.2) is 4.98 Å². The van der Waals surface area contributed by atoms with Crippen LogP contribution in [-0.4, -0.2) is 56.2 Å². The summed E-state index contributed by atoms with van der Waals surface area (Å²) in [4.78, 5) is 21.2. The van der Waals surface area contributed by atoms with Crippen molar-refractivity contribution in [1.82, 2.24) is 24.6 Å². The van der Waals surface area contributed by atoms with Crippen LogP contribution in [0.2, 0.25) is 0 Å². The third-order valence-electron chi connectivity index (χ3n) is 4.27. The average molecular weight is 363 g/mol. The van der Waals surface area contributed by atoms with Gasteiger partial charge in [-0.1, -0.05) is 6.92 Å². The molecule has 8 heteroatoms. The van der Waals surface area contributed by atoms with Gasteiger partial charge in [-0.3, -0.25) is 9.48 Å². The number of fused-ring (bicyclic) bond motifs is 1. The van der Waals surface area contributed by atoms with Crippen LogP contribution >= 0.6 is 11.3 Å². The molecule has 0 bridgehead atoms. The van der Waals surface area contributed by atoms with Crippen LogP contribution in [0, 0.1) is 0 Å². The number of thiazole rings is 1. The fourth-order valence-corrected chi connectivity index (χ4v) is 3.83. The maximum atomic E-state index is 12.8. The van der Waals surface area contributed by atoms with Gasteiger partial charge in [0, 0.05) is 25.0 Å². The number of amides is 1. The molecule has 25 heavy (non-hydrogen) atoms. The minimum atomic E-state index is -0.546. The van der Waals surface area contributed by atoms with Crippen molar-refractivity contribution in [1.29, 1.82) is 0 Å². The van der Waals surface area contributed by atoms with Crippen LogP contribution in [0.25, 0.3) is 0 Å². The number of aliphatic hydroxyl groups is 1. The van der Waals surface area contributed by atoms with E-state index in [1.165, 1.54) is 11.3 Å². The zero-order chi connectivity index (χ0) is 18.0. The lowest BCUT2D eigenvalue weighted by molar-refractivity contribution is 0.0740. The van der Waals surface area contributed by atoms with Crippen LogP contribution in [0.5, 0.6) is 0 Å². The number of aliphatic hydroxyl groups excluding tert-OH is 1.